The SMILES string of the molecule is N#CC1=C(N)OC2=C(C(=O)CCC2)[C@@H]1c1ccc(OCc2ccccc2C#N)c(I)c1. The van der Waals surface area contributed by atoms with E-state index in [-0.39, 0.29) is 23.8 Å². The molecular formula is C24H18IN3O3. The van der Waals surface area contributed by atoms with Gasteiger partial charge in [0.05, 0.1) is 21.1 Å². The first-order valence-electron chi connectivity index (χ1n) is 9.77. The Morgan fingerprint density at radius 3 is 2.71 bits per heavy atom. The van der Waals surface area contributed by atoms with E-state index in [9.17, 15) is 15.3 Å². The van der Waals surface area contributed by atoms with Crippen molar-refractivity contribution >= 4 is 28.4 Å². The molecule has 154 valence electrons. The number of benzene rings is 2. The van der Waals surface area contributed by atoms with E-state index in [0.29, 0.717) is 41.9 Å². The Morgan fingerprint density at radius 1 is 1.16 bits per heavy atom. The molecule has 1 aliphatic heterocycles. The minimum atomic E-state index is -0.538. The highest BCUT2D eigenvalue weighted by Gasteiger charge is 2.38. The maximum atomic E-state index is 12.7. The Labute approximate surface area is 193 Å². The molecule has 31 heavy (non-hydrogen) atoms. The standard InChI is InChI=1S/C24H18IN3O3/c25-18-10-14(8-9-20(18)30-13-16-5-2-1-4-15(16)11-26)22-17(12-27)24(28)31-21-7-3-6-19(29)23(21)22/h1-2,4-5,8-10,22H,3,6-7,13,28H2/t22-/m1/s1. The highest BCUT2D eigenvalue weighted by atomic mass is 127. The molecule has 0 radical (unpaired) electrons. The number of hydrogen-bond donors (Lipinski definition) is 1. The van der Waals surface area contributed by atoms with Gasteiger partial charge in [-0.15, -0.1) is 0 Å². The maximum absolute atomic E-state index is 12.7. The summed E-state index contributed by atoms with van der Waals surface area (Å²) in [6.07, 6.45) is 1.79. The van der Waals surface area contributed by atoms with Crippen molar-refractivity contribution in [1.29, 1.82) is 10.5 Å². The molecule has 0 aromatic heterocycles. The summed E-state index contributed by atoms with van der Waals surface area (Å²) >= 11 is 2.17. The van der Waals surface area contributed by atoms with Crippen LogP contribution in [-0.2, 0) is 16.1 Å². The lowest BCUT2D eigenvalue weighted by Crippen LogP contribution is -2.27. The number of ether oxygens (including phenoxy) is 2. The van der Waals surface area contributed by atoms with Crippen molar-refractivity contribution in [3.05, 3.63) is 85.5 Å². The summed E-state index contributed by atoms with van der Waals surface area (Å²) in [6, 6.07) is 17.2. The van der Waals surface area contributed by atoms with Crippen LogP contribution in [0.5, 0.6) is 5.75 Å². The number of Topliss-reactive ketones (excluding diaryl/α,β-unsaturated/α-hetero) is 1. The molecular weight excluding hydrogens is 505 g/mol. The number of halogens is 1. The Hall–Kier alpha value is -3.30. The Morgan fingerprint density at radius 2 is 1.97 bits per heavy atom. The molecule has 0 fully saturated rings. The first-order chi connectivity index (χ1) is 15.0. The second-order valence-electron chi connectivity index (χ2n) is 7.29. The van der Waals surface area contributed by atoms with E-state index in [4.69, 9.17) is 15.2 Å². The van der Waals surface area contributed by atoms with Gasteiger partial charge >= 0.3 is 0 Å². The predicted molar refractivity (Wildman–Crippen MR) is 121 cm³/mol. The van der Waals surface area contributed by atoms with Crippen LogP contribution in [0.3, 0.4) is 0 Å². The van der Waals surface area contributed by atoms with Gasteiger partial charge in [0.1, 0.15) is 29.8 Å². The Bertz CT molecular complexity index is 1220. The van der Waals surface area contributed by atoms with Gasteiger partial charge in [-0.1, -0.05) is 24.3 Å². The molecule has 0 saturated carbocycles. The minimum Gasteiger partial charge on any atom is -0.488 e. The fraction of sp³-hybridized carbons (Fsp3) is 0.208. The second kappa shape index (κ2) is 8.83. The first-order valence-corrected chi connectivity index (χ1v) is 10.9. The average Bonchev–Trinajstić information content (AvgIpc) is 2.77. The van der Waals surface area contributed by atoms with E-state index in [1.807, 2.05) is 36.4 Å². The van der Waals surface area contributed by atoms with Crippen LogP contribution >= 0.6 is 22.6 Å². The summed E-state index contributed by atoms with van der Waals surface area (Å²) in [7, 11) is 0. The maximum Gasteiger partial charge on any atom is 0.205 e. The van der Waals surface area contributed by atoms with E-state index in [1.54, 1.807) is 6.07 Å². The average molecular weight is 523 g/mol. The van der Waals surface area contributed by atoms with Crippen LogP contribution in [0, 0.1) is 26.2 Å². The number of hydrogen-bond acceptors (Lipinski definition) is 6. The van der Waals surface area contributed by atoms with Crippen molar-refractivity contribution in [2.45, 2.75) is 31.8 Å². The molecule has 2 N–H and O–H groups in total. The highest BCUT2D eigenvalue weighted by molar-refractivity contribution is 14.1. The molecule has 6 nitrogen and oxygen atoms in total. The molecule has 2 aliphatic rings. The van der Waals surface area contributed by atoms with Crippen molar-refractivity contribution in [3.8, 4) is 17.9 Å². The van der Waals surface area contributed by atoms with Gasteiger partial charge in [-0.25, -0.2) is 0 Å². The molecule has 1 atom stereocenters. The van der Waals surface area contributed by atoms with Gasteiger partial charge in [0.25, 0.3) is 0 Å². The monoisotopic (exact) mass is 523 g/mol. The van der Waals surface area contributed by atoms with E-state index >= 15 is 0 Å². The molecule has 0 bridgehead atoms. The summed E-state index contributed by atoms with van der Waals surface area (Å²) in [5, 5.41) is 18.9. The van der Waals surface area contributed by atoms with Gasteiger partial charge in [0, 0.05) is 24.0 Å². The molecule has 1 heterocycles. The molecule has 1 aliphatic carbocycles. The summed E-state index contributed by atoms with van der Waals surface area (Å²) in [6.45, 7) is 0.264. The van der Waals surface area contributed by atoms with Gasteiger partial charge in [0.2, 0.25) is 5.88 Å². The van der Waals surface area contributed by atoms with E-state index < -0.39 is 5.92 Å². The number of nitrogens with two attached hydrogens (primary N) is 1. The van der Waals surface area contributed by atoms with Crippen molar-refractivity contribution in [2.24, 2.45) is 5.73 Å². The van der Waals surface area contributed by atoms with Gasteiger partial charge in [-0.2, -0.15) is 10.5 Å². The third-order valence-corrected chi connectivity index (χ3v) is 6.26. The molecule has 2 aromatic carbocycles. The van der Waals surface area contributed by atoms with Gasteiger partial charge < -0.3 is 15.2 Å². The van der Waals surface area contributed by atoms with Gasteiger partial charge in [0.15, 0.2) is 5.78 Å². The lowest BCUT2D eigenvalue weighted by Gasteiger charge is -2.31. The summed E-state index contributed by atoms with van der Waals surface area (Å²) < 4.78 is 12.4. The fourth-order valence-corrected chi connectivity index (χ4v) is 4.61. The van der Waals surface area contributed by atoms with Crippen molar-refractivity contribution in [1.82, 2.24) is 0 Å². The van der Waals surface area contributed by atoms with Crippen LogP contribution in [0.4, 0.5) is 0 Å². The van der Waals surface area contributed by atoms with Crippen LogP contribution in [0.15, 0.2) is 65.3 Å². The van der Waals surface area contributed by atoms with E-state index in [2.05, 4.69) is 34.7 Å². The third kappa shape index (κ3) is 4.01. The van der Waals surface area contributed by atoms with Gasteiger partial charge in [-0.3, -0.25) is 4.79 Å². The minimum absolute atomic E-state index is 0.00468. The lowest BCUT2D eigenvalue weighted by atomic mass is 9.77. The summed E-state index contributed by atoms with van der Waals surface area (Å²) in [5.41, 5.74) is 8.97. The van der Waals surface area contributed by atoms with Crippen LogP contribution in [0.25, 0.3) is 0 Å². The molecule has 0 amide bonds. The number of carbonyl (C=O) groups excluding carboxylic acids is 1. The number of nitriles is 2. The quantitative estimate of drug-likeness (QED) is 0.589. The van der Waals surface area contributed by atoms with Gasteiger partial charge in [-0.05, 0) is 52.8 Å². The van der Waals surface area contributed by atoms with Crippen LogP contribution in [0.2, 0.25) is 0 Å². The van der Waals surface area contributed by atoms with Crippen molar-refractivity contribution in [3.63, 3.8) is 0 Å². The summed E-state index contributed by atoms with van der Waals surface area (Å²) in [4.78, 5) is 12.7. The van der Waals surface area contributed by atoms with E-state index in [1.165, 1.54) is 0 Å². The number of nitrogens with zero attached hydrogens (tertiary/aromatic N) is 2. The fourth-order valence-electron chi connectivity index (χ4n) is 3.91. The number of ketones is 1. The number of carbonyl (C=O) groups is 1. The Balaban J connectivity index is 1.65. The zero-order valence-electron chi connectivity index (χ0n) is 16.5. The Kier molecular flexibility index (Phi) is 5.97. The molecule has 0 unspecified atom stereocenters. The van der Waals surface area contributed by atoms with Crippen molar-refractivity contribution in [2.75, 3.05) is 0 Å². The van der Waals surface area contributed by atoms with Crippen LogP contribution < -0.4 is 10.5 Å². The number of allylic oxidation sites excluding steroid dienone is 3. The molecule has 0 spiro atoms. The second-order valence-corrected chi connectivity index (χ2v) is 8.45. The predicted octanol–water partition coefficient (Wildman–Crippen LogP) is 4.56. The first kappa shape index (κ1) is 21.0. The highest BCUT2D eigenvalue weighted by Crippen LogP contribution is 2.44. The van der Waals surface area contributed by atoms with Crippen LogP contribution in [0.1, 0.15) is 41.9 Å². The zero-order chi connectivity index (χ0) is 22.0. The van der Waals surface area contributed by atoms with Crippen molar-refractivity contribution < 1.29 is 14.3 Å². The lowest BCUT2D eigenvalue weighted by molar-refractivity contribution is -0.116. The molecule has 2 aromatic rings. The number of rotatable bonds is 4. The molecule has 4 rings (SSSR count). The smallest absolute Gasteiger partial charge is 0.205 e. The van der Waals surface area contributed by atoms with Crippen LogP contribution in [-0.4, -0.2) is 5.78 Å². The third-order valence-electron chi connectivity index (χ3n) is 5.42. The van der Waals surface area contributed by atoms with E-state index in [0.717, 1.165) is 14.7 Å². The zero-order valence-corrected chi connectivity index (χ0v) is 18.7. The normalized spacial score (nSPS) is 18.0. The molecule has 0 saturated heterocycles. The topological polar surface area (TPSA) is 109 Å². The summed E-state index contributed by atoms with van der Waals surface area (Å²) in [5.74, 6) is 0.743. The molecule has 7 heteroatoms. The largest absolute Gasteiger partial charge is 0.488 e.